The van der Waals surface area contributed by atoms with Crippen molar-refractivity contribution in [2.24, 2.45) is 5.92 Å². The Kier molecular flexibility index (Phi) is 5.23. The molecule has 0 saturated carbocycles. The Morgan fingerprint density at radius 3 is 2.45 bits per heavy atom. The third kappa shape index (κ3) is 3.42. The molecule has 0 spiro atoms. The molecule has 0 aromatic heterocycles. The Morgan fingerprint density at radius 2 is 1.85 bits per heavy atom. The van der Waals surface area contributed by atoms with Gasteiger partial charge in [-0.3, -0.25) is 4.79 Å². The quantitative estimate of drug-likeness (QED) is 0.809. The normalized spacial score (nSPS) is 27.3. The Morgan fingerprint density at radius 1 is 1.20 bits per heavy atom. The van der Waals surface area contributed by atoms with Crippen LogP contribution in [-0.2, 0) is 9.53 Å². The van der Waals surface area contributed by atoms with E-state index in [-0.39, 0.29) is 18.0 Å². The zero-order valence-corrected chi connectivity index (χ0v) is 12.4. The molecule has 6 heteroatoms. The number of hydrogen-bond donors (Lipinski definition) is 1. The minimum absolute atomic E-state index is 0.0432. The fourth-order valence-corrected chi connectivity index (χ4v) is 3.01. The molecule has 20 heavy (non-hydrogen) atoms. The van der Waals surface area contributed by atoms with Crippen molar-refractivity contribution in [1.29, 1.82) is 0 Å². The molecule has 114 valence electrons. The molecule has 2 fully saturated rings. The number of ether oxygens (including phenoxy) is 1. The van der Waals surface area contributed by atoms with Crippen molar-refractivity contribution >= 4 is 12.0 Å². The van der Waals surface area contributed by atoms with Crippen molar-refractivity contribution in [2.45, 2.75) is 32.2 Å². The average Bonchev–Trinajstić information content (AvgIpc) is 2.53. The van der Waals surface area contributed by atoms with E-state index >= 15 is 0 Å². The van der Waals surface area contributed by atoms with Crippen LogP contribution in [0.3, 0.4) is 0 Å². The van der Waals surface area contributed by atoms with Crippen LogP contribution < -0.4 is 5.32 Å². The summed E-state index contributed by atoms with van der Waals surface area (Å²) in [5.74, 6) is 0.842. The van der Waals surface area contributed by atoms with E-state index in [2.05, 4.69) is 12.2 Å². The molecule has 2 atom stereocenters. The van der Waals surface area contributed by atoms with Crippen molar-refractivity contribution in [3.05, 3.63) is 0 Å². The summed E-state index contributed by atoms with van der Waals surface area (Å²) in [6.07, 6.45) is 2.93. The van der Waals surface area contributed by atoms with Crippen molar-refractivity contribution in [2.75, 3.05) is 39.8 Å². The van der Waals surface area contributed by atoms with Gasteiger partial charge in [0.1, 0.15) is 0 Å². The summed E-state index contributed by atoms with van der Waals surface area (Å²) in [5.41, 5.74) is 0. The van der Waals surface area contributed by atoms with Crippen LogP contribution in [0.15, 0.2) is 0 Å². The molecule has 2 saturated heterocycles. The summed E-state index contributed by atoms with van der Waals surface area (Å²) in [5, 5.41) is 3.33. The number of nitrogens with one attached hydrogen (secondary N) is 1. The molecule has 2 aliphatic heterocycles. The lowest BCUT2D eigenvalue weighted by atomic mass is 9.90. The molecule has 1 N–H and O–H groups in total. The molecule has 2 rings (SSSR count). The molecule has 0 aromatic carbocycles. The van der Waals surface area contributed by atoms with Crippen LogP contribution in [0.5, 0.6) is 0 Å². The Labute approximate surface area is 120 Å². The molecule has 2 unspecified atom stereocenters. The second-order valence-corrected chi connectivity index (χ2v) is 5.59. The van der Waals surface area contributed by atoms with Gasteiger partial charge in [0.15, 0.2) is 0 Å². The first-order chi connectivity index (χ1) is 9.65. The molecule has 2 amide bonds. The predicted molar refractivity (Wildman–Crippen MR) is 75.4 cm³/mol. The average molecular weight is 283 g/mol. The van der Waals surface area contributed by atoms with E-state index in [4.69, 9.17) is 4.74 Å². The summed E-state index contributed by atoms with van der Waals surface area (Å²) in [6, 6.07) is -0.0432. The standard InChI is InChI=1S/C14H25N3O3/c1-3-11-4-5-15-12(10-11)13(18)16-6-8-17(9-7-16)14(19)20-2/h11-12,15H,3-10H2,1-2H3. The van der Waals surface area contributed by atoms with Crippen molar-refractivity contribution in [1.82, 2.24) is 15.1 Å². The van der Waals surface area contributed by atoms with E-state index in [1.807, 2.05) is 4.90 Å². The molecular formula is C14H25N3O3. The van der Waals surface area contributed by atoms with Gasteiger partial charge in [-0.25, -0.2) is 4.79 Å². The highest BCUT2D eigenvalue weighted by Crippen LogP contribution is 2.20. The molecule has 2 heterocycles. The number of amides is 2. The molecule has 0 aliphatic carbocycles. The number of hydrogen-bond acceptors (Lipinski definition) is 4. The Hall–Kier alpha value is -1.30. The fraction of sp³-hybridized carbons (Fsp3) is 0.857. The van der Waals surface area contributed by atoms with Crippen LogP contribution in [0.2, 0.25) is 0 Å². The number of nitrogens with zero attached hydrogens (tertiary/aromatic N) is 2. The van der Waals surface area contributed by atoms with Gasteiger partial charge in [-0.2, -0.15) is 0 Å². The second-order valence-electron chi connectivity index (χ2n) is 5.59. The maximum absolute atomic E-state index is 12.5. The number of piperazine rings is 1. The smallest absolute Gasteiger partial charge is 0.409 e. The van der Waals surface area contributed by atoms with E-state index in [1.165, 1.54) is 7.11 Å². The van der Waals surface area contributed by atoms with Crippen LogP contribution in [0.4, 0.5) is 4.79 Å². The van der Waals surface area contributed by atoms with Crippen molar-refractivity contribution in [3.8, 4) is 0 Å². The van der Waals surface area contributed by atoms with Crippen LogP contribution in [-0.4, -0.2) is 67.7 Å². The lowest BCUT2D eigenvalue weighted by molar-refractivity contribution is -0.136. The van der Waals surface area contributed by atoms with Gasteiger partial charge >= 0.3 is 6.09 Å². The molecule has 2 aliphatic rings. The molecule has 6 nitrogen and oxygen atoms in total. The first-order valence-corrected chi connectivity index (χ1v) is 7.50. The van der Waals surface area contributed by atoms with Gasteiger partial charge in [-0.1, -0.05) is 13.3 Å². The number of piperidine rings is 1. The number of carbonyl (C=O) groups is 2. The first kappa shape index (κ1) is 15.1. The molecule has 0 bridgehead atoms. The van der Waals surface area contributed by atoms with E-state index in [1.54, 1.807) is 4.90 Å². The third-order valence-corrected chi connectivity index (χ3v) is 4.41. The maximum atomic E-state index is 12.5. The van der Waals surface area contributed by atoms with Gasteiger partial charge in [0.2, 0.25) is 5.91 Å². The minimum Gasteiger partial charge on any atom is -0.453 e. The topological polar surface area (TPSA) is 61.9 Å². The molecule has 0 aromatic rings. The van der Waals surface area contributed by atoms with Gasteiger partial charge in [-0.05, 0) is 25.3 Å². The lowest BCUT2D eigenvalue weighted by Gasteiger charge is -2.37. The highest BCUT2D eigenvalue weighted by atomic mass is 16.5. The Balaban J connectivity index is 1.83. The summed E-state index contributed by atoms with van der Waals surface area (Å²) in [7, 11) is 1.39. The van der Waals surface area contributed by atoms with E-state index in [9.17, 15) is 9.59 Å². The number of carbonyl (C=O) groups excluding carboxylic acids is 2. The van der Waals surface area contributed by atoms with Gasteiger partial charge in [-0.15, -0.1) is 0 Å². The van der Waals surface area contributed by atoms with Gasteiger partial charge in [0, 0.05) is 26.2 Å². The van der Waals surface area contributed by atoms with Crippen LogP contribution >= 0.6 is 0 Å². The lowest BCUT2D eigenvalue weighted by Crippen LogP contribution is -2.56. The minimum atomic E-state index is -0.307. The van der Waals surface area contributed by atoms with Crippen LogP contribution in [0.25, 0.3) is 0 Å². The fourth-order valence-electron chi connectivity index (χ4n) is 3.01. The van der Waals surface area contributed by atoms with E-state index in [0.717, 1.165) is 25.8 Å². The summed E-state index contributed by atoms with van der Waals surface area (Å²) < 4.78 is 4.70. The van der Waals surface area contributed by atoms with Gasteiger partial charge < -0.3 is 19.9 Å². The zero-order chi connectivity index (χ0) is 14.5. The van der Waals surface area contributed by atoms with Crippen molar-refractivity contribution in [3.63, 3.8) is 0 Å². The summed E-state index contributed by atoms with van der Waals surface area (Å²) in [4.78, 5) is 27.4. The zero-order valence-electron chi connectivity index (χ0n) is 12.4. The number of methoxy groups -OCH3 is 1. The van der Waals surface area contributed by atoms with E-state index in [0.29, 0.717) is 32.1 Å². The van der Waals surface area contributed by atoms with Crippen molar-refractivity contribution < 1.29 is 14.3 Å². The summed E-state index contributed by atoms with van der Waals surface area (Å²) >= 11 is 0. The predicted octanol–water partition coefficient (Wildman–Crippen LogP) is 0.675. The third-order valence-electron chi connectivity index (χ3n) is 4.41. The monoisotopic (exact) mass is 283 g/mol. The second kappa shape index (κ2) is 6.92. The SMILES string of the molecule is CCC1CCNC(C(=O)N2CCN(C(=O)OC)CC2)C1. The largest absolute Gasteiger partial charge is 0.453 e. The molecule has 0 radical (unpaired) electrons. The highest BCUT2D eigenvalue weighted by Gasteiger charge is 2.31. The van der Waals surface area contributed by atoms with Crippen LogP contribution in [0, 0.1) is 5.92 Å². The maximum Gasteiger partial charge on any atom is 0.409 e. The number of rotatable bonds is 2. The van der Waals surface area contributed by atoms with Gasteiger partial charge in [0.05, 0.1) is 13.2 Å². The highest BCUT2D eigenvalue weighted by molar-refractivity contribution is 5.82. The van der Waals surface area contributed by atoms with Gasteiger partial charge in [0.25, 0.3) is 0 Å². The summed E-state index contributed by atoms with van der Waals surface area (Å²) in [6.45, 7) is 5.43. The Bertz CT molecular complexity index is 354. The first-order valence-electron chi connectivity index (χ1n) is 7.50. The molecular weight excluding hydrogens is 258 g/mol. The van der Waals surface area contributed by atoms with Crippen LogP contribution in [0.1, 0.15) is 26.2 Å². The van der Waals surface area contributed by atoms with E-state index < -0.39 is 0 Å².